The topological polar surface area (TPSA) is 43.4 Å². The van der Waals surface area contributed by atoms with E-state index < -0.39 is 30.4 Å². The van der Waals surface area contributed by atoms with Crippen molar-refractivity contribution in [3.05, 3.63) is 103 Å². The molecule has 3 aromatic rings. The average molecular weight is 565 g/mol. The van der Waals surface area contributed by atoms with Gasteiger partial charge in [-0.25, -0.2) is 0 Å². The van der Waals surface area contributed by atoms with Crippen molar-refractivity contribution < 1.29 is 10.9 Å². The third-order valence-corrected chi connectivity index (χ3v) is 12.6. The van der Waals surface area contributed by atoms with E-state index in [1.165, 1.54) is 11.1 Å². The van der Waals surface area contributed by atoms with E-state index in [0.29, 0.717) is 0 Å². The molecular formula is C27H33IO3S. The van der Waals surface area contributed by atoms with E-state index in [9.17, 15) is 8.42 Å². The van der Waals surface area contributed by atoms with Crippen LogP contribution >= 0.6 is 20.2 Å². The Morgan fingerprint density at radius 2 is 1.06 bits per heavy atom. The summed E-state index contributed by atoms with van der Waals surface area (Å²) in [7, 11) is -3.74. The molecule has 0 N–H and O–H groups in total. The van der Waals surface area contributed by atoms with Crippen molar-refractivity contribution in [2.75, 3.05) is 0 Å². The third-order valence-electron chi connectivity index (χ3n) is 5.16. The second kappa shape index (κ2) is 9.65. The van der Waals surface area contributed by atoms with Gasteiger partial charge in [0.05, 0.1) is 0 Å². The molecular weight excluding hydrogens is 531 g/mol. The minimum absolute atomic E-state index is 0.0339. The van der Waals surface area contributed by atoms with Crippen LogP contribution in [0, 0.1) is 7.14 Å². The summed E-state index contributed by atoms with van der Waals surface area (Å²) in [6.07, 6.45) is 0. The maximum atomic E-state index is 13.0. The molecule has 0 saturated carbocycles. The number of halogens is 1. The molecule has 0 bridgehead atoms. The predicted molar refractivity (Wildman–Crippen MR) is 142 cm³/mol. The van der Waals surface area contributed by atoms with Crippen molar-refractivity contribution in [1.82, 2.24) is 0 Å². The van der Waals surface area contributed by atoms with Crippen molar-refractivity contribution in [1.29, 1.82) is 0 Å². The van der Waals surface area contributed by atoms with Gasteiger partial charge in [-0.2, -0.15) is 0 Å². The normalized spacial score (nSPS) is 13.1. The zero-order valence-corrected chi connectivity index (χ0v) is 22.7. The summed E-state index contributed by atoms with van der Waals surface area (Å²) in [4.78, 5) is 0. The van der Waals surface area contributed by atoms with Gasteiger partial charge in [0.2, 0.25) is 0 Å². The molecule has 3 aromatic carbocycles. The molecule has 0 spiro atoms. The molecule has 0 heterocycles. The zero-order chi connectivity index (χ0) is 23.6. The van der Waals surface area contributed by atoms with Crippen LogP contribution in [0.5, 0.6) is 0 Å². The van der Waals surface area contributed by atoms with E-state index in [-0.39, 0.29) is 16.6 Å². The number of benzene rings is 3. The number of hydrogen-bond acceptors (Lipinski definition) is 3. The summed E-state index contributed by atoms with van der Waals surface area (Å²) in [5.74, 6) is -0.123. The van der Waals surface area contributed by atoms with Gasteiger partial charge in [-0.05, 0) is 0 Å². The molecule has 0 fully saturated rings. The van der Waals surface area contributed by atoms with Gasteiger partial charge < -0.3 is 0 Å². The monoisotopic (exact) mass is 564 g/mol. The molecule has 0 aliphatic rings. The van der Waals surface area contributed by atoms with Crippen LogP contribution in [-0.4, -0.2) is 8.42 Å². The molecule has 0 saturated heterocycles. The molecule has 32 heavy (non-hydrogen) atoms. The van der Waals surface area contributed by atoms with Crippen molar-refractivity contribution in [3.8, 4) is 0 Å². The molecule has 3 nitrogen and oxygen atoms in total. The molecule has 0 aromatic heterocycles. The Morgan fingerprint density at radius 3 is 1.44 bits per heavy atom. The van der Waals surface area contributed by atoms with E-state index in [1.807, 2.05) is 54.6 Å². The molecule has 0 radical (unpaired) electrons. The molecule has 0 unspecified atom stereocenters. The van der Waals surface area contributed by atoms with Gasteiger partial charge in [-0.1, -0.05) is 0 Å². The fourth-order valence-electron chi connectivity index (χ4n) is 3.22. The molecule has 3 rings (SSSR count). The average Bonchev–Trinajstić information content (AvgIpc) is 2.71. The Bertz CT molecular complexity index is 1070. The molecule has 5 heteroatoms. The van der Waals surface area contributed by atoms with Crippen LogP contribution in [0.1, 0.15) is 58.2 Å². The summed E-state index contributed by atoms with van der Waals surface area (Å²) in [5, 5.41) is 0. The van der Waals surface area contributed by atoms with Gasteiger partial charge in [-0.3, -0.25) is 0 Å². The standard InChI is InChI=1S/C27H33IO3S/c1-26(2,3)22-12-16-24(17-13-22)28(25-18-14-23(15-19-25)27(4,5)6)31-32(29,30)20-21-10-8-7-9-11-21/h7-19H,20H2,1-6H3. The van der Waals surface area contributed by atoms with E-state index in [1.54, 1.807) is 0 Å². The number of rotatable bonds is 6. The SMILES string of the molecule is CC(C)(C)c1ccc(I(OS(=O)(=O)Cc2ccccc2)c2ccc(C(C)(C)C)cc2)cc1. The van der Waals surface area contributed by atoms with Crippen molar-refractivity contribution in [2.24, 2.45) is 0 Å². The first kappa shape index (κ1) is 24.9. The van der Waals surface area contributed by atoms with Crippen LogP contribution in [0.3, 0.4) is 0 Å². The van der Waals surface area contributed by atoms with Crippen LogP contribution < -0.4 is 0 Å². The van der Waals surface area contributed by atoms with Crippen LogP contribution in [0.4, 0.5) is 0 Å². The predicted octanol–water partition coefficient (Wildman–Crippen LogP) is 7.29. The fraction of sp³-hybridized carbons (Fsp3) is 0.333. The molecule has 0 amide bonds. The Hall–Kier alpha value is -1.70. The molecule has 0 aliphatic carbocycles. The second-order valence-corrected chi connectivity index (χ2v) is 16.5. The van der Waals surface area contributed by atoms with Crippen molar-refractivity contribution in [2.45, 2.75) is 58.1 Å². The van der Waals surface area contributed by atoms with E-state index in [2.05, 4.69) is 65.8 Å². The van der Waals surface area contributed by atoms with Gasteiger partial charge in [0, 0.05) is 0 Å². The molecule has 0 aliphatic heterocycles. The molecule has 0 atom stereocenters. The summed E-state index contributed by atoms with van der Waals surface area (Å²) in [6.45, 7) is 13.0. The Morgan fingerprint density at radius 1 is 0.656 bits per heavy atom. The first-order valence-corrected chi connectivity index (χ1v) is 15.3. The quantitative estimate of drug-likeness (QED) is 0.296. The summed E-state index contributed by atoms with van der Waals surface area (Å²) in [6, 6.07) is 25.7. The first-order chi connectivity index (χ1) is 14.9. The van der Waals surface area contributed by atoms with Crippen LogP contribution in [-0.2, 0) is 29.2 Å². The van der Waals surface area contributed by atoms with Gasteiger partial charge in [0.25, 0.3) is 0 Å². The maximum absolute atomic E-state index is 13.0. The van der Waals surface area contributed by atoms with Crippen molar-refractivity contribution in [3.63, 3.8) is 0 Å². The van der Waals surface area contributed by atoms with Gasteiger partial charge >= 0.3 is 202 Å². The first-order valence-electron chi connectivity index (χ1n) is 10.7. The van der Waals surface area contributed by atoms with E-state index in [4.69, 9.17) is 2.51 Å². The van der Waals surface area contributed by atoms with E-state index >= 15 is 0 Å². The van der Waals surface area contributed by atoms with Crippen LogP contribution in [0.15, 0.2) is 78.9 Å². The minimum atomic E-state index is -3.74. The fourth-order valence-corrected chi connectivity index (χ4v) is 10.2. The zero-order valence-electron chi connectivity index (χ0n) is 19.7. The summed E-state index contributed by atoms with van der Waals surface area (Å²) < 4.78 is 34.0. The van der Waals surface area contributed by atoms with Gasteiger partial charge in [0.15, 0.2) is 0 Å². The Labute approximate surface area is 201 Å². The molecule has 172 valence electrons. The van der Waals surface area contributed by atoms with E-state index in [0.717, 1.165) is 12.7 Å². The van der Waals surface area contributed by atoms with Crippen LogP contribution in [0.25, 0.3) is 0 Å². The second-order valence-electron chi connectivity index (χ2n) is 10.0. The Balaban J connectivity index is 1.97. The number of hydrogen-bond donors (Lipinski definition) is 0. The summed E-state index contributed by atoms with van der Waals surface area (Å²) >= 11 is -2.68. The van der Waals surface area contributed by atoms with Crippen LogP contribution in [0.2, 0.25) is 0 Å². The summed E-state index contributed by atoms with van der Waals surface area (Å²) in [5.41, 5.74) is 3.23. The third kappa shape index (κ3) is 6.65. The van der Waals surface area contributed by atoms with Gasteiger partial charge in [-0.15, -0.1) is 0 Å². The van der Waals surface area contributed by atoms with Gasteiger partial charge in [0.1, 0.15) is 0 Å². The Kier molecular flexibility index (Phi) is 7.52. The van der Waals surface area contributed by atoms with Crippen molar-refractivity contribution >= 4 is 30.4 Å².